The normalized spacial score (nSPS) is 17.8. The number of halogens is 1. The third-order valence-corrected chi connectivity index (χ3v) is 6.03. The van der Waals surface area contributed by atoms with Crippen molar-refractivity contribution in [3.05, 3.63) is 40.6 Å². The molecule has 3 rings (SSSR count). The molecule has 2 heterocycles. The molecule has 5 nitrogen and oxygen atoms in total. The fourth-order valence-corrected chi connectivity index (χ4v) is 3.96. The molecule has 138 valence electrons. The summed E-state index contributed by atoms with van der Waals surface area (Å²) in [6, 6.07) is 12.2. The van der Waals surface area contributed by atoms with E-state index in [2.05, 4.69) is 52.6 Å². The maximum atomic E-state index is 9.88. The van der Waals surface area contributed by atoms with E-state index >= 15 is 0 Å². The van der Waals surface area contributed by atoms with Crippen LogP contribution in [0.1, 0.15) is 32.5 Å². The van der Waals surface area contributed by atoms with E-state index in [-0.39, 0.29) is 11.6 Å². The molecule has 1 saturated heterocycles. The first-order valence-corrected chi connectivity index (χ1v) is 9.78. The number of nitriles is 1. The fourth-order valence-electron chi connectivity index (χ4n) is 3.49. The van der Waals surface area contributed by atoms with Gasteiger partial charge in [0.2, 0.25) is 0 Å². The smallest absolute Gasteiger partial charge is 0.143 e. The summed E-state index contributed by atoms with van der Waals surface area (Å²) in [4.78, 5) is 9.55. The summed E-state index contributed by atoms with van der Waals surface area (Å²) < 4.78 is 2.89. The number of imidazole rings is 1. The van der Waals surface area contributed by atoms with Crippen molar-refractivity contribution in [2.24, 2.45) is 7.05 Å². The van der Waals surface area contributed by atoms with Gasteiger partial charge < -0.3 is 4.57 Å². The largest absolute Gasteiger partial charge is 0.322 e. The van der Waals surface area contributed by atoms with Crippen molar-refractivity contribution in [1.82, 2.24) is 19.4 Å². The third kappa shape index (κ3) is 3.71. The summed E-state index contributed by atoms with van der Waals surface area (Å²) in [5, 5.41) is 9.88. The van der Waals surface area contributed by atoms with Crippen LogP contribution in [0.5, 0.6) is 0 Å². The van der Waals surface area contributed by atoms with E-state index in [0.717, 1.165) is 47.9 Å². The molecule has 0 spiro atoms. The predicted octanol–water partition coefficient (Wildman–Crippen LogP) is 3.83. The first kappa shape index (κ1) is 19.1. The van der Waals surface area contributed by atoms with Crippen molar-refractivity contribution in [3.63, 3.8) is 0 Å². The van der Waals surface area contributed by atoms with E-state index in [0.29, 0.717) is 0 Å². The van der Waals surface area contributed by atoms with Gasteiger partial charge in [0.05, 0.1) is 6.07 Å². The molecule has 1 aliphatic rings. The Morgan fingerprint density at radius 2 is 1.73 bits per heavy atom. The van der Waals surface area contributed by atoms with Crippen LogP contribution < -0.4 is 0 Å². The second-order valence-corrected chi connectivity index (χ2v) is 8.51. The average Bonchev–Trinajstić information content (AvgIpc) is 2.92. The van der Waals surface area contributed by atoms with Crippen LogP contribution in [0.15, 0.2) is 34.9 Å². The molecule has 1 aromatic carbocycles. The van der Waals surface area contributed by atoms with Crippen LogP contribution in [0.2, 0.25) is 0 Å². The highest BCUT2D eigenvalue weighted by Gasteiger charge is 2.32. The zero-order chi connectivity index (χ0) is 18.9. The van der Waals surface area contributed by atoms with Crippen molar-refractivity contribution in [2.45, 2.75) is 32.4 Å². The maximum Gasteiger partial charge on any atom is 0.143 e. The number of benzene rings is 1. The SMILES string of the molecule is Cn1c(-c2ccccc2)nc(C(C#N)N2CCN(C(C)(C)C)CC2)c1Br. The predicted molar refractivity (Wildman–Crippen MR) is 108 cm³/mol. The first-order chi connectivity index (χ1) is 12.3. The molecule has 0 aliphatic carbocycles. The van der Waals surface area contributed by atoms with Gasteiger partial charge in [0.1, 0.15) is 22.2 Å². The molecule has 1 aliphatic heterocycles. The Labute approximate surface area is 164 Å². The summed E-state index contributed by atoms with van der Waals surface area (Å²) in [7, 11) is 1.98. The molecule has 1 unspecified atom stereocenters. The molecule has 1 fully saturated rings. The Hall–Kier alpha value is -1.68. The highest BCUT2D eigenvalue weighted by atomic mass is 79.9. The first-order valence-electron chi connectivity index (χ1n) is 8.99. The van der Waals surface area contributed by atoms with E-state index in [1.165, 1.54) is 0 Å². The van der Waals surface area contributed by atoms with Crippen LogP contribution >= 0.6 is 15.9 Å². The second kappa shape index (κ2) is 7.51. The van der Waals surface area contributed by atoms with Crippen molar-refractivity contribution in [3.8, 4) is 17.5 Å². The van der Waals surface area contributed by atoms with Gasteiger partial charge in [0.15, 0.2) is 0 Å². The standard InChI is InChI=1S/C20H26BrN5/c1-20(2,3)26-12-10-25(11-13-26)16(14-22)17-18(21)24(4)19(23-17)15-8-6-5-7-9-15/h5-9,16H,10-13H2,1-4H3. The van der Waals surface area contributed by atoms with Crippen LogP contribution in [0.4, 0.5) is 0 Å². The lowest BCUT2D eigenvalue weighted by atomic mass is 10.0. The van der Waals surface area contributed by atoms with Crippen molar-refractivity contribution in [1.29, 1.82) is 5.26 Å². The maximum absolute atomic E-state index is 9.88. The van der Waals surface area contributed by atoms with Gasteiger partial charge in [0.25, 0.3) is 0 Å². The van der Waals surface area contributed by atoms with Crippen molar-refractivity contribution in [2.75, 3.05) is 26.2 Å². The molecule has 0 radical (unpaired) electrons. The van der Waals surface area contributed by atoms with E-state index in [1.54, 1.807) is 0 Å². The molecule has 0 saturated carbocycles. The second-order valence-electron chi connectivity index (χ2n) is 7.76. The molecule has 26 heavy (non-hydrogen) atoms. The molecule has 1 atom stereocenters. The van der Waals surface area contributed by atoms with Gasteiger partial charge >= 0.3 is 0 Å². The number of rotatable bonds is 3. The van der Waals surface area contributed by atoms with Gasteiger partial charge in [-0.2, -0.15) is 5.26 Å². The minimum Gasteiger partial charge on any atom is -0.322 e. The summed E-state index contributed by atoms with van der Waals surface area (Å²) in [6.45, 7) is 10.4. The average molecular weight is 416 g/mol. The minimum absolute atomic E-state index is 0.167. The quantitative estimate of drug-likeness (QED) is 0.763. The summed E-state index contributed by atoms with van der Waals surface area (Å²) in [6.07, 6.45) is 0. The summed E-state index contributed by atoms with van der Waals surface area (Å²) in [5.41, 5.74) is 2.02. The van der Waals surface area contributed by atoms with Crippen LogP contribution in [0.25, 0.3) is 11.4 Å². The van der Waals surface area contributed by atoms with Gasteiger partial charge in [-0.3, -0.25) is 9.80 Å². The van der Waals surface area contributed by atoms with Crippen LogP contribution in [-0.4, -0.2) is 51.1 Å². The van der Waals surface area contributed by atoms with Gasteiger partial charge in [-0.25, -0.2) is 4.98 Å². The minimum atomic E-state index is -0.338. The topological polar surface area (TPSA) is 48.1 Å². The Kier molecular flexibility index (Phi) is 5.52. The highest BCUT2D eigenvalue weighted by Crippen LogP contribution is 2.32. The zero-order valence-electron chi connectivity index (χ0n) is 15.9. The molecule has 0 N–H and O–H groups in total. The van der Waals surface area contributed by atoms with Crippen molar-refractivity contribution >= 4 is 15.9 Å². The summed E-state index contributed by atoms with van der Waals surface area (Å²) in [5.74, 6) is 0.876. The molecule has 2 aromatic rings. The van der Waals surface area contributed by atoms with Crippen LogP contribution in [0.3, 0.4) is 0 Å². The van der Waals surface area contributed by atoms with Gasteiger partial charge in [-0.1, -0.05) is 30.3 Å². The zero-order valence-corrected chi connectivity index (χ0v) is 17.5. The number of aromatic nitrogens is 2. The number of hydrogen-bond donors (Lipinski definition) is 0. The van der Waals surface area contributed by atoms with E-state index in [1.807, 2.05) is 41.9 Å². The van der Waals surface area contributed by atoms with E-state index < -0.39 is 0 Å². The van der Waals surface area contributed by atoms with E-state index in [4.69, 9.17) is 4.98 Å². The molecular formula is C20H26BrN5. The lowest BCUT2D eigenvalue weighted by Crippen LogP contribution is -2.53. The lowest BCUT2D eigenvalue weighted by molar-refractivity contribution is 0.0512. The molecule has 6 heteroatoms. The van der Waals surface area contributed by atoms with Crippen LogP contribution in [0, 0.1) is 11.3 Å². The highest BCUT2D eigenvalue weighted by molar-refractivity contribution is 9.10. The Balaban J connectivity index is 1.85. The van der Waals surface area contributed by atoms with Gasteiger partial charge in [-0.05, 0) is 36.7 Å². The fraction of sp³-hybridized carbons (Fsp3) is 0.500. The lowest BCUT2D eigenvalue weighted by Gasteiger charge is -2.43. The van der Waals surface area contributed by atoms with Crippen LogP contribution in [-0.2, 0) is 7.05 Å². The molecule has 1 aromatic heterocycles. The molecule has 0 bridgehead atoms. The van der Waals surface area contributed by atoms with Gasteiger partial charge in [0, 0.05) is 44.3 Å². The molecular weight excluding hydrogens is 390 g/mol. The monoisotopic (exact) mass is 415 g/mol. The Morgan fingerprint density at radius 3 is 2.27 bits per heavy atom. The Morgan fingerprint density at radius 1 is 1.12 bits per heavy atom. The number of hydrogen-bond acceptors (Lipinski definition) is 4. The van der Waals surface area contributed by atoms with Gasteiger partial charge in [-0.15, -0.1) is 0 Å². The molecule has 0 amide bonds. The summed E-state index contributed by atoms with van der Waals surface area (Å²) >= 11 is 3.66. The third-order valence-electron chi connectivity index (χ3n) is 5.09. The Bertz CT molecular complexity index is 792. The van der Waals surface area contributed by atoms with E-state index in [9.17, 15) is 5.26 Å². The number of piperazine rings is 1. The van der Waals surface area contributed by atoms with Crippen molar-refractivity contribution < 1.29 is 0 Å². The number of nitrogens with zero attached hydrogens (tertiary/aromatic N) is 5.